The van der Waals surface area contributed by atoms with Gasteiger partial charge in [-0.2, -0.15) is 0 Å². The van der Waals surface area contributed by atoms with Crippen LogP contribution in [0.1, 0.15) is 19.8 Å². The van der Waals surface area contributed by atoms with E-state index in [1.807, 2.05) is 6.92 Å². The van der Waals surface area contributed by atoms with E-state index in [9.17, 15) is 8.42 Å². The zero-order valence-electron chi connectivity index (χ0n) is 10.7. The first kappa shape index (κ1) is 16.8. The molecule has 19 heavy (non-hydrogen) atoms. The van der Waals surface area contributed by atoms with Gasteiger partial charge in [-0.1, -0.05) is 18.5 Å². The third-order valence-corrected chi connectivity index (χ3v) is 4.71. The maximum atomic E-state index is 11.9. The molecule has 0 aliphatic rings. The molecule has 0 spiro atoms. The summed E-state index contributed by atoms with van der Waals surface area (Å²) in [5, 5.41) is 3.72. The molecule has 0 fully saturated rings. The highest BCUT2D eigenvalue weighted by Gasteiger charge is 2.12. The Balaban J connectivity index is 2.50. The average Bonchev–Trinajstić information content (AvgIpc) is 2.32. The van der Waals surface area contributed by atoms with E-state index in [4.69, 9.17) is 11.6 Å². The Morgan fingerprint density at radius 1 is 1.32 bits per heavy atom. The Morgan fingerprint density at radius 2 is 2.05 bits per heavy atom. The van der Waals surface area contributed by atoms with Gasteiger partial charge >= 0.3 is 0 Å². The van der Waals surface area contributed by atoms with Gasteiger partial charge in [0.2, 0.25) is 10.0 Å². The molecule has 0 aliphatic heterocycles. The number of hydrogen-bond donors (Lipinski definition) is 2. The summed E-state index contributed by atoms with van der Waals surface area (Å²) in [6.07, 6.45) is 1.48. The lowest BCUT2D eigenvalue weighted by Crippen LogP contribution is -2.19. The molecule has 1 aromatic rings. The number of hydrogen-bond acceptors (Lipinski definition) is 3. The Bertz CT molecular complexity index is 508. The number of nitrogens with one attached hydrogen (secondary N) is 2. The summed E-state index contributed by atoms with van der Waals surface area (Å²) >= 11 is 9.09. The average molecular weight is 370 g/mol. The monoisotopic (exact) mass is 368 g/mol. The molecule has 0 saturated carbocycles. The highest BCUT2D eigenvalue weighted by Crippen LogP contribution is 2.26. The maximum Gasteiger partial charge on any atom is 0.232 e. The molecule has 1 aromatic carbocycles. The SMILES string of the molecule is CCNCCCCS(=O)(=O)Nc1ccc(Cl)cc1Br. The van der Waals surface area contributed by atoms with Crippen molar-refractivity contribution in [2.45, 2.75) is 19.8 Å². The highest BCUT2D eigenvalue weighted by atomic mass is 79.9. The fourth-order valence-corrected chi connectivity index (χ4v) is 3.62. The topological polar surface area (TPSA) is 58.2 Å². The summed E-state index contributed by atoms with van der Waals surface area (Å²) in [5.74, 6) is 0.119. The first-order valence-electron chi connectivity index (χ1n) is 6.11. The van der Waals surface area contributed by atoms with Gasteiger partial charge in [0.05, 0.1) is 11.4 Å². The minimum absolute atomic E-state index is 0.119. The van der Waals surface area contributed by atoms with Crippen LogP contribution in [-0.4, -0.2) is 27.3 Å². The van der Waals surface area contributed by atoms with Gasteiger partial charge < -0.3 is 5.32 Å². The quantitative estimate of drug-likeness (QED) is 0.692. The van der Waals surface area contributed by atoms with E-state index in [1.165, 1.54) is 0 Å². The van der Waals surface area contributed by atoms with E-state index >= 15 is 0 Å². The van der Waals surface area contributed by atoms with Crippen molar-refractivity contribution in [1.82, 2.24) is 5.32 Å². The second-order valence-electron chi connectivity index (χ2n) is 4.11. The lowest BCUT2D eigenvalue weighted by molar-refractivity contribution is 0.593. The van der Waals surface area contributed by atoms with Gasteiger partial charge in [0, 0.05) is 9.50 Å². The predicted molar refractivity (Wildman–Crippen MR) is 84.3 cm³/mol. The van der Waals surface area contributed by atoms with Gasteiger partial charge in [-0.15, -0.1) is 0 Å². The van der Waals surface area contributed by atoms with E-state index in [1.54, 1.807) is 18.2 Å². The van der Waals surface area contributed by atoms with Crippen molar-refractivity contribution in [2.75, 3.05) is 23.6 Å². The van der Waals surface area contributed by atoms with Crippen LogP contribution >= 0.6 is 27.5 Å². The minimum Gasteiger partial charge on any atom is -0.317 e. The summed E-state index contributed by atoms with van der Waals surface area (Å²) in [6, 6.07) is 4.95. The first-order chi connectivity index (χ1) is 8.94. The van der Waals surface area contributed by atoms with Crippen molar-refractivity contribution >= 4 is 43.2 Å². The zero-order chi connectivity index (χ0) is 14.3. The number of benzene rings is 1. The molecule has 0 bridgehead atoms. The maximum absolute atomic E-state index is 11.9. The Labute approximate surface area is 128 Å². The smallest absolute Gasteiger partial charge is 0.232 e. The molecule has 2 N–H and O–H groups in total. The normalized spacial score (nSPS) is 11.5. The van der Waals surface area contributed by atoms with Crippen molar-refractivity contribution in [3.05, 3.63) is 27.7 Å². The van der Waals surface area contributed by atoms with Crippen molar-refractivity contribution in [1.29, 1.82) is 0 Å². The molecular formula is C12H18BrClN2O2S. The summed E-state index contributed by atoms with van der Waals surface area (Å²) < 4.78 is 27.0. The van der Waals surface area contributed by atoms with Crippen LogP contribution in [0.2, 0.25) is 5.02 Å². The Kier molecular flexibility index (Phi) is 7.13. The predicted octanol–water partition coefficient (Wildman–Crippen LogP) is 3.23. The van der Waals surface area contributed by atoms with Gasteiger partial charge in [0.1, 0.15) is 0 Å². The molecule has 0 amide bonds. The Morgan fingerprint density at radius 3 is 2.68 bits per heavy atom. The van der Waals surface area contributed by atoms with E-state index in [-0.39, 0.29) is 5.75 Å². The fraction of sp³-hybridized carbons (Fsp3) is 0.500. The molecular weight excluding hydrogens is 352 g/mol. The zero-order valence-corrected chi connectivity index (χ0v) is 13.9. The molecule has 7 heteroatoms. The van der Waals surface area contributed by atoms with Crippen LogP contribution in [0.3, 0.4) is 0 Å². The Hall–Kier alpha value is -0.300. The van der Waals surface area contributed by atoms with Crippen molar-refractivity contribution in [3.8, 4) is 0 Å². The summed E-state index contributed by atoms with van der Waals surface area (Å²) in [7, 11) is -3.31. The van der Waals surface area contributed by atoms with E-state index in [0.717, 1.165) is 19.5 Å². The van der Waals surface area contributed by atoms with Crippen molar-refractivity contribution in [2.24, 2.45) is 0 Å². The van der Waals surface area contributed by atoms with Crippen molar-refractivity contribution < 1.29 is 8.42 Å². The van der Waals surface area contributed by atoms with Gasteiger partial charge in [-0.25, -0.2) is 8.42 Å². The molecule has 4 nitrogen and oxygen atoms in total. The summed E-state index contributed by atoms with van der Waals surface area (Å²) in [4.78, 5) is 0. The van der Waals surface area contributed by atoms with Crippen molar-refractivity contribution in [3.63, 3.8) is 0 Å². The van der Waals surface area contributed by atoms with Gasteiger partial charge in [-0.3, -0.25) is 4.72 Å². The molecule has 0 unspecified atom stereocenters. The molecule has 0 atom stereocenters. The number of sulfonamides is 1. The summed E-state index contributed by atoms with van der Waals surface area (Å²) in [5.41, 5.74) is 0.510. The molecule has 108 valence electrons. The van der Waals surface area contributed by atoms with Gasteiger partial charge in [-0.05, 0) is 60.1 Å². The second-order valence-corrected chi connectivity index (χ2v) is 7.24. The van der Waals surface area contributed by atoms with Crippen LogP contribution in [0.5, 0.6) is 0 Å². The van der Waals surface area contributed by atoms with Gasteiger partial charge in [0.25, 0.3) is 0 Å². The third-order valence-electron chi connectivity index (χ3n) is 2.46. The summed E-state index contributed by atoms with van der Waals surface area (Å²) in [6.45, 7) is 3.77. The number of halogens is 2. The third kappa shape index (κ3) is 6.61. The molecule has 0 saturated heterocycles. The van der Waals surface area contributed by atoms with Crippen LogP contribution < -0.4 is 10.0 Å². The van der Waals surface area contributed by atoms with E-state index < -0.39 is 10.0 Å². The molecule has 1 rings (SSSR count). The minimum atomic E-state index is -3.31. The fourth-order valence-electron chi connectivity index (χ4n) is 1.51. The highest BCUT2D eigenvalue weighted by molar-refractivity contribution is 9.10. The lowest BCUT2D eigenvalue weighted by atomic mass is 10.3. The molecule has 0 aliphatic carbocycles. The van der Waals surface area contributed by atoms with Crippen LogP contribution in [0.15, 0.2) is 22.7 Å². The molecule has 0 aromatic heterocycles. The molecule has 0 radical (unpaired) electrons. The molecule has 0 heterocycles. The first-order valence-corrected chi connectivity index (χ1v) is 8.93. The van der Waals surface area contributed by atoms with Crippen LogP contribution in [0.4, 0.5) is 5.69 Å². The van der Waals surface area contributed by atoms with E-state index in [0.29, 0.717) is 21.6 Å². The standard InChI is InChI=1S/C12H18BrClN2O2S/c1-2-15-7-3-4-8-19(17,18)16-12-6-5-10(14)9-11(12)13/h5-6,9,15-16H,2-4,7-8H2,1H3. The largest absolute Gasteiger partial charge is 0.317 e. The second kappa shape index (κ2) is 8.09. The lowest BCUT2D eigenvalue weighted by Gasteiger charge is -2.10. The van der Waals surface area contributed by atoms with E-state index in [2.05, 4.69) is 26.0 Å². The number of rotatable bonds is 8. The van der Waals surface area contributed by atoms with Crippen LogP contribution in [0.25, 0.3) is 0 Å². The van der Waals surface area contributed by atoms with Crippen LogP contribution in [-0.2, 0) is 10.0 Å². The number of unbranched alkanes of at least 4 members (excludes halogenated alkanes) is 1. The van der Waals surface area contributed by atoms with Crippen LogP contribution in [0, 0.1) is 0 Å². The number of anilines is 1. The van der Waals surface area contributed by atoms with Gasteiger partial charge in [0.15, 0.2) is 0 Å².